The molecular formula is C38H38N2O8. The maximum atomic E-state index is 12.0. The smallest absolute Gasteiger partial charge is 0.337 e. The summed E-state index contributed by atoms with van der Waals surface area (Å²) in [6.45, 7) is 8.89. The van der Waals surface area contributed by atoms with Crippen LogP contribution in [0.3, 0.4) is 0 Å². The number of nitrogens with one attached hydrogen (secondary N) is 2. The van der Waals surface area contributed by atoms with E-state index < -0.39 is 23.8 Å². The number of amides is 2. The summed E-state index contributed by atoms with van der Waals surface area (Å²) in [5.74, 6) is -1.38. The maximum absolute atomic E-state index is 12.0. The van der Waals surface area contributed by atoms with Crippen LogP contribution < -0.4 is 20.1 Å². The third kappa shape index (κ3) is 11.0. The van der Waals surface area contributed by atoms with Crippen molar-refractivity contribution in [1.82, 2.24) is 0 Å². The molecule has 4 N–H and O–H groups in total. The van der Waals surface area contributed by atoms with E-state index in [1.807, 2.05) is 64.1 Å². The van der Waals surface area contributed by atoms with E-state index >= 15 is 0 Å². The highest BCUT2D eigenvalue weighted by molar-refractivity contribution is 6.07. The zero-order valence-corrected chi connectivity index (χ0v) is 27.2. The minimum atomic E-state index is -1.09. The van der Waals surface area contributed by atoms with Gasteiger partial charge in [-0.15, -0.1) is 0 Å². The molecule has 0 atom stereocenters. The number of carbonyl (C=O) groups is 4. The van der Waals surface area contributed by atoms with Crippen LogP contribution in [0, 0.1) is 13.8 Å². The number of hydrogen-bond donors (Lipinski definition) is 4. The Balaban J connectivity index is 0.000000260. The molecule has 0 aliphatic rings. The van der Waals surface area contributed by atoms with Gasteiger partial charge in [0.15, 0.2) is 0 Å². The lowest BCUT2D eigenvalue weighted by molar-refractivity contribution is -0.112. The van der Waals surface area contributed by atoms with Gasteiger partial charge in [-0.1, -0.05) is 42.5 Å². The van der Waals surface area contributed by atoms with Crippen LogP contribution >= 0.6 is 0 Å². The molecule has 4 aromatic rings. The molecule has 2 amide bonds. The van der Waals surface area contributed by atoms with E-state index in [0.29, 0.717) is 13.2 Å². The van der Waals surface area contributed by atoms with Gasteiger partial charge in [0.1, 0.15) is 11.5 Å². The van der Waals surface area contributed by atoms with Crippen LogP contribution in [0.25, 0.3) is 12.2 Å². The van der Waals surface area contributed by atoms with Crippen molar-refractivity contribution in [2.45, 2.75) is 27.7 Å². The maximum Gasteiger partial charge on any atom is 0.337 e. The number of ether oxygens (including phenoxy) is 2. The normalized spacial score (nSPS) is 10.6. The van der Waals surface area contributed by atoms with Crippen molar-refractivity contribution in [2.75, 3.05) is 23.8 Å². The zero-order valence-electron chi connectivity index (χ0n) is 27.2. The van der Waals surface area contributed by atoms with Crippen LogP contribution in [0.15, 0.2) is 97.1 Å². The minimum absolute atomic E-state index is 0.0493. The van der Waals surface area contributed by atoms with Crippen molar-refractivity contribution >= 4 is 47.3 Å². The largest absolute Gasteiger partial charge is 0.494 e. The highest BCUT2D eigenvalue weighted by Gasteiger charge is 2.11. The molecule has 4 rings (SSSR count). The molecule has 10 nitrogen and oxygen atoms in total. The van der Waals surface area contributed by atoms with Crippen LogP contribution in [0.4, 0.5) is 11.4 Å². The zero-order chi connectivity index (χ0) is 35.1. The van der Waals surface area contributed by atoms with Crippen LogP contribution in [0.1, 0.15) is 56.8 Å². The van der Waals surface area contributed by atoms with Gasteiger partial charge in [-0.3, -0.25) is 9.59 Å². The summed E-state index contributed by atoms with van der Waals surface area (Å²) in [6, 6.07) is 23.8. The number of para-hydroxylation sites is 2. The van der Waals surface area contributed by atoms with Gasteiger partial charge in [-0.05, 0) is 105 Å². The van der Waals surface area contributed by atoms with Crippen molar-refractivity contribution in [2.24, 2.45) is 0 Å². The number of carboxylic acid groups (broad SMARTS) is 2. The van der Waals surface area contributed by atoms with Gasteiger partial charge < -0.3 is 30.3 Å². The van der Waals surface area contributed by atoms with E-state index in [-0.39, 0.29) is 22.5 Å². The lowest BCUT2D eigenvalue weighted by Gasteiger charge is -2.08. The van der Waals surface area contributed by atoms with Gasteiger partial charge in [0, 0.05) is 12.2 Å². The van der Waals surface area contributed by atoms with Crippen LogP contribution in [0.2, 0.25) is 0 Å². The fraction of sp³-hybridized carbons (Fsp3) is 0.158. The molecule has 0 bridgehead atoms. The predicted octanol–water partition coefficient (Wildman–Crippen LogP) is 7.49. The van der Waals surface area contributed by atoms with Crippen molar-refractivity contribution in [3.63, 3.8) is 0 Å². The molecule has 0 radical (unpaired) electrons. The number of carbonyl (C=O) groups excluding carboxylic acids is 2. The Hall–Kier alpha value is -6.16. The number of aryl methyl sites for hydroxylation is 2. The Morgan fingerprint density at radius 2 is 1.06 bits per heavy atom. The van der Waals surface area contributed by atoms with Gasteiger partial charge in [0.05, 0.1) is 35.7 Å². The SMILES string of the molecule is CCOc1cc(/C=C/C(=O)Nc2ccccc2C(=O)O)ccc1C.CCOc1ccc(/C=C/C(=O)Nc2ccccc2C(=O)O)cc1C. The summed E-state index contributed by atoms with van der Waals surface area (Å²) in [5, 5.41) is 23.4. The first-order valence-corrected chi connectivity index (χ1v) is 15.1. The molecular weight excluding hydrogens is 612 g/mol. The van der Waals surface area contributed by atoms with Crippen LogP contribution in [0.5, 0.6) is 11.5 Å². The number of rotatable bonds is 12. The molecule has 4 aromatic carbocycles. The summed E-state index contributed by atoms with van der Waals surface area (Å²) in [6.07, 6.45) is 6.05. The quantitative estimate of drug-likeness (QED) is 0.115. The Kier molecular flexibility index (Phi) is 13.7. The van der Waals surface area contributed by atoms with Gasteiger partial charge in [0.25, 0.3) is 0 Å². The van der Waals surface area contributed by atoms with Gasteiger partial charge in [-0.2, -0.15) is 0 Å². The molecule has 10 heteroatoms. The first-order valence-electron chi connectivity index (χ1n) is 15.1. The average molecular weight is 651 g/mol. The van der Waals surface area contributed by atoms with E-state index in [9.17, 15) is 19.2 Å². The molecule has 0 aromatic heterocycles. The fourth-order valence-corrected chi connectivity index (χ4v) is 4.37. The number of anilines is 2. The van der Waals surface area contributed by atoms with Crippen molar-refractivity contribution in [3.05, 3.63) is 130 Å². The first-order chi connectivity index (χ1) is 23.0. The predicted molar refractivity (Wildman–Crippen MR) is 187 cm³/mol. The van der Waals surface area contributed by atoms with E-state index in [2.05, 4.69) is 10.6 Å². The fourth-order valence-electron chi connectivity index (χ4n) is 4.37. The number of carboxylic acids is 2. The second-order valence-corrected chi connectivity index (χ2v) is 10.3. The second-order valence-electron chi connectivity index (χ2n) is 10.3. The van der Waals surface area contributed by atoms with Gasteiger partial charge in [-0.25, -0.2) is 9.59 Å². The molecule has 0 aliphatic heterocycles. The first kappa shape index (κ1) is 36.3. The summed E-state index contributed by atoms with van der Waals surface area (Å²) in [5.41, 5.74) is 4.32. The highest BCUT2D eigenvalue weighted by Crippen LogP contribution is 2.22. The van der Waals surface area contributed by atoms with Gasteiger partial charge >= 0.3 is 11.9 Å². The molecule has 0 unspecified atom stereocenters. The topological polar surface area (TPSA) is 151 Å². The van der Waals surface area contributed by atoms with Crippen molar-refractivity contribution in [3.8, 4) is 11.5 Å². The molecule has 0 aliphatic carbocycles. The van der Waals surface area contributed by atoms with Crippen molar-refractivity contribution < 1.29 is 38.9 Å². The second kappa shape index (κ2) is 18.1. The number of hydrogen-bond acceptors (Lipinski definition) is 6. The van der Waals surface area contributed by atoms with E-state index in [4.69, 9.17) is 19.7 Å². The standard InChI is InChI=1S/2C19H19NO4/c1-3-24-17-10-8-14(12-13(17)2)9-11-18(21)20-16-7-5-4-6-15(16)19(22)23;1-3-24-17-12-14(9-8-13(17)2)10-11-18(21)20-16-7-5-4-6-15(16)19(22)23/h2*4-12H,3H2,1-2H3,(H,20,21)(H,22,23)/b11-9+;11-10+. The third-order valence-corrected chi connectivity index (χ3v) is 6.70. The summed E-state index contributed by atoms with van der Waals surface area (Å²) in [7, 11) is 0. The highest BCUT2D eigenvalue weighted by atomic mass is 16.5. The van der Waals surface area contributed by atoms with Gasteiger partial charge in [0.2, 0.25) is 11.8 Å². The molecule has 0 saturated heterocycles. The van der Waals surface area contributed by atoms with Crippen LogP contribution in [-0.4, -0.2) is 47.2 Å². The van der Waals surface area contributed by atoms with Crippen molar-refractivity contribution in [1.29, 1.82) is 0 Å². The lowest BCUT2D eigenvalue weighted by atomic mass is 10.1. The molecule has 0 saturated carbocycles. The van der Waals surface area contributed by atoms with E-state index in [1.165, 1.54) is 24.3 Å². The Bertz CT molecular complexity index is 1830. The summed E-state index contributed by atoms with van der Waals surface area (Å²) in [4.78, 5) is 46.3. The van der Waals surface area contributed by atoms with E-state index in [1.54, 1.807) is 48.6 Å². The van der Waals surface area contributed by atoms with E-state index in [0.717, 1.165) is 33.8 Å². The molecule has 48 heavy (non-hydrogen) atoms. The molecule has 248 valence electrons. The Labute approximate surface area is 279 Å². The molecule has 0 heterocycles. The molecule has 0 spiro atoms. The molecule has 0 fully saturated rings. The lowest BCUT2D eigenvalue weighted by Crippen LogP contribution is -2.11. The monoisotopic (exact) mass is 650 g/mol. The Morgan fingerprint density at radius 3 is 1.54 bits per heavy atom. The number of aromatic carboxylic acids is 2. The number of benzene rings is 4. The minimum Gasteiger partial charge on any atom is -0.494 e. The summed E-state index contributed by atoms with van der Waals surface area (Å²) >= 11 is 0. The van der Waals surface area contributed by atoms with Crippen LogP contribution in [-0.2, 0) is 9.59 Å². The third-order valence-electron chi connectivity index (χ3n) is 6.70. The Morgan fingerprint density at radius 1 is 0.604 bits per heavy atom. The average Bonchev–Trinajstić information content (AvgIpc) is 3.06. The summed E-state index contributed by atoms with van der Waals surface area (Å²) < 4.78 is 11.0.